The molecule has 2 aromatic rings. The molecule has 0 atom stereocenters. The molecular weight excluding hydrogens is 326 g/mol. The normalized spacial score (nSPS) is 11.4. The lowest BCUT2D eigenvalue weighted by molar-refractivity contribution is -0.131. The van der Waals surface area contributed by atoms with Crippen LogP contribution in [0.5, 0.6) is 0 Å². The molecular formula is C22H29NO3. The van der Waals surface area contributed by atoms with Crippen LogP contribution in [0.1, 0.15) is 48.8 Å². The van der Waals surface area contributed by atoms with Gasteiger partial charge in [0.25, 0.3) is 0 Å². The highest BCUT2D eigenvalue weighted by atomic mass is 16.5. The fourth-order valence-electron chi connectivity index (χ4n) is 2.67. The molecule has 0 aliphatic heterocycles. The van der Waals surface area contributed by atoms with Crippen LogP contribution in [0.3, 0.4) is 0 Å². The molecule has 0 fully saturated rings. The topological polar surface area (TPSA) is 42.7 Å². The van der Waals surface area contributed by atoms with Crippen molar-refractivity contribution >= 4 is 12.0 Å². The third kappa shape index (κ3) is 6.19. The van der Waals surface area contributed by atoms with Crippen LogP contribution in [0, 0.1) is 6.92 Å². The number of aryl methyl sites for hydroxylation is 1. The molecule has 0 aliphatic carbocycles. The molecule has 1 heterocycles. The SMILES string of the molecule is COCCN(Cc1ccc(C)o1)C(=O)C/C=C/c1ccc(C(C)C)cc1. The number of rotatable bonds is 9. The first-order valence-corrected chi connectivity index (χ1v) is 9.08. The molecule has 0 saturated heterocycles. The smallest absolute Gasteiger partial charge is 0.226 e. The summed E-state index contributed by atoms with van der Waals surface area (Å²) in [6, 6.07) is 12.3. The molecule has 0 saturated carbocycles. The summed E-state index contributed by atoms with van der Waals surface area (Å²) < 4.78 is 10.7. The molecule has 26 heavy (non-hydrogen) atoms. The Balaban J connectivity index is 1.94. The van der Waals surface area contributed by atoms with E-state index in [4.69, 9.17) is 9.15 Å². The standard InChI is InChI=1S/C22H29NO3/c1-17(2)20-11-9-19(10-12-20)6-5-7-22(24)23(14-15-25-4)16-21-13-8-18(3)26-21/h5-6,8-13,17H,7,14-16H2,1-4H3/b6-5+. The molecule has 0 aliphatic rings. The fraction of sp³-hybridized carbons (Fsp3) is 0.409. The Morgan fingerprint density at radius 3 is 2.50 bits per heavy atom. The number of hydrogen-bond donors (Lipinski definition) is 0. The summed E-state index contributed by atoms with van der Waals surface area (Å²) in [5.41, 5.74) is 2.42. The summed E-state index contributed by atoms with van der Waals surface area (Å²) >= 11 is 0. The Labute approximate surface area is 156 Å². The van der Waals surface area contributed by atoms with E-state index in [9.17, 15) is 4.79 Å². The van der Waals surface area contributed by atoms with E-state index >= 15 is 0 Å². The first kappa shape index (κ1) is 20.0. The zero-order chi connectivity index (χ0) is 18.9. The van der Waals surface area contributed by atoms with Crippen molar-refractivity contribution in [2.24, 2.45) is 0 Å². The highest BCUT2D eigenvalue weighted by Gasteiger charge is 2.14. The lowest BCUT2D eigenvalue weighted by Gasteiger charge is -2.20. The van der Waals surface area contributed by atoms with Gasteiger partial charge in [-0.2, -0.15) is 0 Å². The second-order valence-electron chi connectivity index (χ2n) is 6.75. The average molecular weight is 355 g/mol. The summed E-state index contributed by atoms with van der Waals surface area (Å²) in [6.45, 7) is 7.78. The van der Waals surface area contributed by atoms with Gasteiger partial charge < -0.3 is 14.1 Å². The molecule has 0 spiro atoms. The number of benzene rings is 1. The molecule has 2 rings (SSSR count). The number of methoxy groups -OCH3 is 1. The molecule has 140 valence electrons. The number of carbonyl (C=O) groups excluding carboxylic acids is 1. The van der Waals surface area contributed by atoms with E-state index in [1.165, 1.54) is 5.56 Å². The van der Waals surface area contributed by atoms with E-state index in [1.807, 2.05) is 31.2 Å². The summed E-state index contributed by atoms with van der Waals surface area (Å²) in [6.07, 6.45) is 4.27. The lowest BCUT2D eigenvalue weighted by atomic mass is 10.0. The summed E-state index contributed by atoms with van der Waals surface area (Å²) in [4.78, 5) is 14.3. The summed E-state index contributed by atoms with van der Waals surface area (Å²) in [7, 11) is 1.64. The van der Waals surface area contributed by atoms with Crippen LogP contribution in [0.4, 0.5) is 0 Å². The molecule has 4 heteroatoms. The molecule has 1 amide bonds. The lowest BCUT2D eigenvalue weighted by Crippen LogP contribution is -2.32. The molecule has 0 N–H and O–H groups in total. The maximum atomic E-state index is 12.6. The van der Waals surface area contributed by atoms with E-state index in [2.05, 4.69) is 38.1 Å². The first-order valence-electron chi connectivity index (χ1n) is 9.08. The van der Waals surface area contributed by atoms with Crippen LogP contribution in [-0.4, -0.2) is 31.1 Å². The van der Waals surface area contributed by atoms with Crippen molar-refractivity contribution in [2.75, 3.05) is 20.3 Å². The predicted octanol–water partition coefficient (Wildman–Crippen LogP) is 4.79. The maximum absolute atomic E-state index is 12.6. The van der Waals surface area contributed by atoms with Crippen LogP contribution >= 0.6 is 0 Å². The van der Waals surface area contributed by atoms with Crippen molar-refractivity contribution in [3.63, 3.8) is 0 Å². The maximum Gasteiger partial charge on any atom is 0.226 e. The highest BCUT2D eigenvalue weighted by molar-refractivity contribution is 5.78. The quantitative estimate of drug-likeness (QED) is 0.649. The Kier molecular flexibility index (Phi) is 7.67. The van der Waals surface area contributed by atoms with Crippen LogP contribution in [0.15, 0.2) is 46.9 Å². The number of nitrogens with zero attached hydrogens (tertiary/aromatic N) is 1. The monoisotopic (exact) mass is 355 g/mol. The van der Waals surface area contributed by atoms with Gasteiger partial charge in [0, 0.05) is 20.1 Å². The van der Waals surface area contributed by atoms with E-state index in [1.54, 1.807) is 12.0 Å². The van der Waals surface area contributed by atoms with Gasteiger partial charge in [0.05, 0.1) is 13.2 Å². The van der Waals surface area contributed by atoms with Gasteiger partial charge in [-0.15, -0.1) is 0 Å². The van der Waals surface area contributed by atoms with Crippen LogP contribution in [0.25, 0.3) is 6.08 Å². The van der Waals surface area contributed by atoms with E-state index in [0.29, 0.717) is 32.0 Å². The minimum atomic E-state index is 0.0613. The second kappa shape index (κ2) is 9.97. The van der Waals surface area contributed by atoms with Crippen molar-refractivity contribution in [3.8, 4) is 0 Å². The third-order valence-corrected chi connectivity index (χ3v) is 4.27. The number of furan rings is 1. The van der Waals surface area contributed by atoms with Gasteiger partial charge in [-0.05, 0) is 36.1 Å². The number of carbonyl (C=O) groups is 1. The first-order chi connectivity index (χ1) is 12.5. The zero-order valence-electron chi connectivity index (χ0n) is 16.2. The summed E-state index contributed by atoms with van der Waals surface area (Å²) in [5, 5.41) is 0. The van der Waals surface area contributed by atoms with E-state index in [-0.39, 0.29) is 5.91 Å². The van der Waals surface area contributed by atoms with Gasteiger partial charge in [0.2, 0.25) is 5.91 Å². The minimum Gasteiger partial charge on any atom is -0.464 e. The summed E-state index contributed by atoms with van der Waals surface area (Å²) in [5.74, 6) is 2.23. The van der Waals surface area contributed by atoms with Crippen molar-refractivity contribution in [1.82, 2.24) is 4.90 Å². The molecule has 1 aromatic carbocycles. The van der Waals surface area contributed by atoms with Gasteiger partial charge in [0.1, 0.15) is 11.5 Å². The second-order valence-corrected chi connectivity index (χ2v) is 6.75. The van der Waals surface area contributed by atoms with Crippen LogP contribution in [0.2, 0.25) is 0 Å². The van der Waals surface area contributed by atoms with Gasteiger partial charge in [-0.25, -0.2) is 0 Å². The number of hydrogen-bond acceptors (Lipinski definition) is 3. The Hall–Kier alpha value is -2.33. The Morgan fingerprint density at radius 2 is 1.92 bits per heavy atom. The van der Waals surface area contributed by atoms with Gasteiger partial charge >= 0.3 is 0 Å². The van der Waals surface area contributed by atoms with Crippen molar-refractivity contribution in [2.45, 2.75) is 39.7 Å². The van der Waals surface area contributed by atoms with E-state index in [0.717, 1.165) is 17.1 Å². The number of ether oxygens (including phenoxy) is 1. The van der Waals surface area contributed by atoms with Crippen molar-refractivity contribution in [1.29, 1.82) is 0 Å². The van der Waals surface area contributed by atoms with Crippen LogP contribution in [-0.2, 0) is 16.1 Å². The zero-order valence-corrected chi connectivity index (χ0v) is 16.2. The van der Waals surface area contributed by atoms with Crippen molar-refractivity contribution < 1.29 is 13.9 Å². The van der Waals surface area contributed by atoms with E-state index < -0.39 is 0 Å². The highest BCUT2D eigenvalue weighted by Crippen LogP contribution is 2.16. The van der Waals surface area contributed by atoms with Crippen LogP contribution < -0.4 is 0 Å². The largest absolute Gasteiger partial charge is 0.464 e. The molecule has 0 unspecified atom stereocenters. The number of amides is 1. The Bertz CT molecular complexity index is 713. The molecule has 0 radical (unpaired) electrons. The van der Waals surface area contributed by atoms with Crippen molar-refractivity contribution in [3.05, 3.63) is 65.1 Å². The van der Waals surface area contributed by atoms with Gasteiger partial charge in [-0.1, -0.05) is 50.3 Å². The molecule has 0 bridgehead atoms. The minimum absolute atomic E-state index is 0.0613. The van der Waals surface area contributed by atoms with Gasteiger partial charge in [0.15, 0.2) is 0 Å². The fourth-order valence-corrected chi connectivity index (χ4v) is 2.67. The van der Waals surface area contributed by atoms with Gasteiger partial charge in [-0.3, -0.25) is 4.79 Å². The average Bonchev–Trinajstić information content (AvgIpc) is 3.03. The third-order valence-electron chi connectivity index (χ3n) is 4.27. The molecule has 4 nitrogen and oxygen atoms in total. The molecule has 1 aromatic heterocycles. The predicted molar refractivity (Wildman–Crippen MR) is 105 cm³/mol. The Morgan fingerprint density at radius 1 is 1.19 bits per heavy atom.